The SMILES string of the molecule is CCNC(=O)CCOc1ccccc1[C@H](C)O. The smallest absolute Gasteiger partial charge is 0.223 e. The maximum Gasteiger partial charge on any atom is 0.223 e. The summed E-state index contributed by atoms with van der Waals surface area (Å²) in [5, 5.41) is 12.2. The van der Waals surface area contributed by atoms with Crippen LogP contribution >= 0.6 is 0 Å². The number of ether oxygens (including phenoxy) is 1. The molecule has 4 heteroatoms. The maximum atomic E-state index is 11.2. The van der Waals surface area contributed by atoms with E-state index in [0.29, 0.717) is 25.3 Å². The van der Waals surface area contributed by atoms with Gasteiger partial charge in [-0.05, 0) is 19.9 Å². The second-order valence-corrected chi connectivity index (χ2v) is 3.77. The van der Waals surface area contributed by atoms with Crippen molar-refractivity contribution in [2.45, 2.75) is 26.4 Å². The molecule has 0 aliphatic heterocycles. The third-order valence-corrected chi connectivity index (χ3v) is 2.33. The predicted octanol–water partition coefficient (Wildman–Crippen LogP) is 1.64. The summed E-state index contributed by atoms with van der Waals surface area (Å²) in [6.07, 6.45) is -0.252. The zero-order chi connectivity index (χ0) is 12.7. The molecule has 4 nitrogen and oxygen atoms in total. The van der Waals surface area contributed by atoms with Crippen LogP contribution in [0.25, 0.3) is 0 Å². The molecular formula is C13H19NO3. The summed E-state index contributed by atoms with van der Waals surface area (Å²) in [4.78, 5) is 11.2. The fourth-order valence-corrected chi connectivity index (χ4v) is 1.50. The standard InChI is InChI=1S/C13H19NO3/c1-3-14-13(16)8-9-17-12-7-5-4-6-11(12)10(2)15/h4-7,10,15H,3,8-9H2,1-2H3,(H,14,16)/t10-/m0/s1. The largest absolute Gasteiger partial charge is 0.493 e. The van der Waals surface area contributed by atoms with E-state index in [4.69, 9.17) is 4.74 Å². The zero-order valence-electron chi connectivity index (χ0n) is 10.3. The molecule has 0 saturated carbocycles. The highest BCUT2D eigenvalue weighted by molar-refractivity contribution is 5.75. The van der Waals surface area contributed by atoms with Gasteiger partial charge in [-0.15, -0.1) is 0 Å². The van der Waals surface area contributed by atoms with Crippen molar-refractivity contribution in [2.24, 2.45) is 0 Å². The highest BCUT2D eigenvalue weighted by Gasteiger charge is 2.08. The lowest BCUT2D eigenvalue weighted by Crippen LogP contribution is -2.24. The first-order chi connectivity index (χ1) is 8.15. The van der Waals surface area contributed by atoms with Gasteiger partial charge in [0.05, 0.1) is 19.1 Å². The van der Waals surface area contributed by atoms with E-state index < -0.39 is 6.10 Å². The molecule has 0 aliphatic rings. The average molecular weight is 237 g/mol. The molecule has 2 N–H and O–H groups in total. The lowest BCUT2D eigenvalue weighted by atomic mass is 10.1. The molecular weight excluding hydrogens is 218 g/mol. The normalized spacial score (nSPS) is 11.9. The maximum absolute atomic E-state index is 11.2. The van der Waals surface area contributed by atoms with Crippen molar-refractivity contribution in [2.75, 3.05) is 13.2 Å². The number of rotatable bonds is 6. The van der Waals surface area contributed by atoms with E-state index in [2.05, 4.69) is 5.32 Å². The molecule has 0 bridgehead atoms. The molecule has 1 aromatic carbocycles. The van der Waals surface area contributed by atoms with E-state index in [0.717, 1.165) is 5.56 Å². The minimum atomic E-state index is -0.573. The Kier molecular flexibility index (Phi) is 5.49. The van der Waals surface area contributed by atoms with Crippen LogP contribution in [0.3, 0.4) is 0 Å². The lowest BCUT2D eigenvalue weighted by Gasteiger charge is -2.12. The predicted molar refractivity (Wildman–Crippen MR) is 65.9 cm³/mol. The van der Waals surface area contributed by atoms with Gasteiger partial charge in [0.15, 0.2) is 0 Å². The first kappa shape index (κ1) is 13.5. The van der Waals surface area contributed by atoms with Gasteiger partial charge >= 0.3 is 0 Å². The minimum absolute atomic E-state index is 0.0259. The number of nitrogens with one attached hydrogen (secondary N) is 1. The molecule has 0 fully saturated rings. The second kappa shape index (κ2) is 6.91. The molecule has 0 heterocycles. The van der Waals surface area contributed by atoms with Crippen molar-refractivity contribution in [3.05, 3.63) is 29.8 Å². The Morgan fingerprint density at radius 1 is 1.47 bits per heavy atom. The Bertz CT molecular complexity index is 363. The number of aliphatic hydroxyl groups is 1. The van der Waals surface area contributed by atoms with Crippen molar-refractivity contribution >= 4 is 5.91 Å². The van der Waals surface area contributed by atoms with Gasteiger partial charge in [0, 0.05) is 12.1 Å². The van der Waals surface area contributed by atoms with Gasteiger partial charge in [-0.25, -0.2) is 0 Å². The Labute approximate surface area is 102 Å². The van der Waals surface area contributed by atoms with Gasteiger partial charge in [-0.3, -0.25) is 4.79 Å². The highest BCUT2D eigenvalue weighted by atomic mass is 16.5. The number of hydrogen-bond acceptors (Lipinski definition) is 3. The number of hydrogen-bond donors (Lipinski definition) is 2. The molecule has 0 saturated heterocycles. The van der Waals surface area contributed by atoms with E-state index in [9.17, 15) is 9.90 Å². The minimum Gasteiger partial charge on any atom is -0.493 e. The lowest BCUT2D eigenvalue weighted by molar-refractivity contribution is -0.121. The summed E-state index contributed by atoms with van der Waals surface area (Å²) >= 11 is 0. The molecule has 1 atom stereocenters. The van der Waals surface area contributed by atoms with Crippen molar-refractivity contribution in [1.82, 2.24) is 5.32 Å². The quantitative estimate of drug-likeness (QED) is 0.791. The van der Waals surface area contributed by atoms with Crippen molar-refractivity contribution < 1.29 is 14.6 Å². The molecule has 94 valence electrons. The topological polar surface area (TPSA) is 58.6 Å². The summed E-state index contributed by atoms with van der Waals surface area (Å²) in [6, 6.07) is 7.29. The summed E-state index contributed by atoms with van der Waals surface area (Å²) < 4.78 is 5.49. The van der Waals surface area contributed by atoms with Crippen molar-refractivity contribution in [3.8, 4) is 5.75 Å². The molecule has 17 heavy (non-hydrogen) atoms. The Morgan fingerprint density at radius 2 is 2.18 bits per heavy atom. The Balaban J connectivity index is 2.49. The van der Waals surface area contributed by atoms with Crippen LogP contribution in [0, 0.1) is 0 Å². The first-order valence-corrected chi connectivity index (χ1v) is 5.81. The van der Waals surface area contributed by atoms with Gasteiger partial charge < -0.3 is 15.2 Å². The number of carbonyl (C=O) groups is 1. The fourth-order valence-electron chi connectivity index (χ4n) is 1.50. The van der Waals surface area contributed by atoms with Crippen LogP contribution in [0.5, 0.6) is 5.75 Å². The summed E-state index contributed by atoms with van der Waals surface area (Å²) in [6.45, 7) is 4.51. The third kappa shape index (κ3) is 4.44. The van der Waals surface area contributed by atoms with E-state index in [1.54, 1.807) is 13.0 Å². The highest BCUT2D eigenvalue weighted by Crippen LogP contribution is 2.24. The fraction of sp³-hybridized carbons (Fsp3) is 0.462. The molecule has 0 unspecified atom stereocenters. The summed E-state index contributed by atoms with van der Waals surface area (Å²) in [5.74, 6) is 0.605. The molecule has 0 radical (unpaired) electrons. The third-order valence-electron chi connectivity index (χ3n) is 2.33. The molecule has 1 rings (SSSR count). The average Bonchev–Trinajstić information content (AvgIpc) is 2.30. The van der Waals surface area contributed by atoms with Gasteiger partial charge in [0.2, 0.25) is 5.91 Å². The van der Waals surface area contributed by atoms with Crippen LogP contribution in [0.4, 0.5) is 0 Å². The second-order valence-electron chi connectivity index (χ2n) is 3.77. The van der Waals surface area contributed by atoms with Crippen LogP contribution in [-0.2, 0) is 4.79 Å². The van der Waals surface area contributed by atoms with Crippen LogP contribution in [0.1, 0.15) is 31.9 Å². The number of benzene rings is 1. The summed E-state index contributed by atoms with van der Waals surface area (Å²) in [7, 11) is 0. The number of aliphatic hydroxyl groups excluding tert-OH is 1. The molecule has 0 spiro atoms. The van der Waals surface area contributed by atoms with E-state index in [-0.39, 0.29) is 5.91 Å². The van der Waals surface area contributed by atoms with E-state index in [1.165, 1.54) is 0 Å². The van der Waals surface area contributed by atoms with Crippen LogP contribution in [-0.4, -0.2) is 24.2 Å². The summed E-state index contributed by atoms with van der Waals surface area (Å²) in [5.41, 5.74) is 0.739. The van der Waals surface area contributed by atoms with E-state index >= 15 is 0 Å². The Hall–Kier alpha value is -1.55. The molecule has 0 aromatic heterocycles. The van der Waals surface area contributed by atoms with Crippen LogP contribution < -0.4 is 10.1 Å². The Morgan fingerprint density at radius 3 is 2.82 bits per heavy atom. The molecule has 1 amide bonds. The number of amides is 1. The molecule has 1 aromatic rings. The van der Waals surface area contributed by atoms with Crippen molar-refractivity contribution in [1.29, 1.82) is 0 Å². The van der Waals surface area contributed by atoms with Crippen LogP contribution in [0.2, 0.25) is 0 Å². The van der Waals surface area contributed by atoms with Gasteiger partial charge in [0.25, 0.3) is 0 Å². The number of carbonyl (C=O) groups excluding carboxylic acids is 1. The zero-order valence-corrected chi connectivity index (χ0v) is 10.3. The van der Waals surface area contributed by atoms with Gasteiger partial charge in [0.1, 0.15) is 5.75 Å². The van der Waals surface area contributed by atoms with Crippen LogP contribution in [0.15, 0.2) is 24.3 Å². The molecule has 0 aliphatic carbocycles. The first-order valence-electron chi connectivity index (χ1n) is 5.81. The van der Waals surface area contributed by atoms with Gasteiger partial charge in [-0.1, -0.05) is 18.2 Å². The number of para-hydroxylation sites is 1. The van der Waals surface area contributed by atoms with E-state index in [1.807, 2.05) is 25.1 Å². The van der Waals surface area contributed by atoms with Gasteiger partial charge in [-0.2, -0.15) is 0 Å². The monoisotopic (exact) mass is 237 g/mol. The van der Waals surface area contributed by atoms with Crippen molar-refractivity contribution in [3.63, 3.8) is 0 Å².